The van der Waals surface area contributed by atoms with Crippen LogP contribution in [0.15, 0.2) is 41.3 Å². The van der Waals surface area contributed by atoms with Crippen LogP contribution >= 0.6 is 0 Å². The molecule has 0 radical (unpaired) electrons. The van der Waals surface area contributed by atoms with Gasteiger partial charge in [0.05, 0.1) is 37.8 Å². The Morgan fingerprint density at radius 3 is 2.29 bits per heavy atom. The molecule has 10 heteroatoms. The quantitative estimate of drug-likeness (QED) is 0.534. The Kier molecular flexibility index (Phi) is 6.65. The molecule has 0 aliphatic carbocycles. The number of ether oxygens (including phenoxy) is 2. The fraction of sp³-hybridized carbons (Fsp3) is 0.400. The van der Waals surface area contributed by atoms with Crippen molar-refractivity contribution in [1.29, 1.82) is 0 Å². The lowest BCUT2D eigenvalue weighted by molar-refractivity contribution is 0.0975. The summed E-state index contributed by atoms with van der Waals surface area (Å²) < 4.78 is 25.4. The molecule has 2 fully saturated rings. The summed E-state index contributed by atoms with van der Waals surface area (Å²) >= 11 is 0. The number of nitrogens with zero attached hydrogens (tertiary/aromatic N) is 4. The van der Waals surface area contributed by atoms with E-state index in [9.17, 15) is 19.1 Å². The van der Waals surface area contributed by atoms with Crippen LogP contribution < -0.4 is 15.4 Å². The molecule has 2 aliphatic rings. The molecular weight excluding hydrogens is 455 g/mol. The number of aromatic hydroxyl groups is 1. The van der Waals surface area contributed by atoms with Gasteiger partial charge >= 0.3 is 5.56 Å². The molecule has 0 bridgehead atoms. The van der Waals surface area contributed by atoms with Crippen LogP contribution in [0.25, 0.3) is 5.65 Å². The highest BCUT2D eigenvalue weighted by Crippen LogP contribution is 2.29. The van der Waals surface area contributed by atoms with E-state index in [0.717, 1.165) is 11.3 Å². The first kappa shape index (κ1) is 23.3. The molecule has 0 saturated carbocycles. The summed E-state index contributed by atoms with van der Waals surface area (Å²) in [5, 5.41) is 10.7. The Morgan fingerprint density at radius 2 is 1.63 bits per heavy atom. The third-order valence-electron chi connectivity index (χ3n) is 6.41. The zero-order valence-corrected chi connectivity index (χ0v) is 19.3. The van der Waals surface area contributed by atoms with Crippen LogP contribution in [0.1, 0.15) is 22.5 Å². The summed E-state index contributed by atoms with van der Waals surface area (Å²) in [4.78, 5) is 34.9. The van der Waals surface area contributed by atoms with Crippen molar-refractivity contribution < 1.29 is 23.8 Å². The number of aromatic nitrogens is 2. The summed E-state index contributed by atoms with van der Waals surface area (Å²) in [6.07, 6.45) is 2.03. The smallest absolute Gasteiger partial charge is 0.300 e. The summed E-state index contributed by atoms with van der Waals surface area (Å²) in [5.41, 5.74) is 1.69. The van der Waals surface area contributed by atoms with Crippen LogP contribution in [0.5, 0.6) is 5.75 Å². The van der Waals surface area contributed by atoms with E-state index in [0.29, 0.717) is 70.4 Å². The van der Waals surface area contributed by atoms with Crippen molar-refractivity contribution in [1.82, 2.24) is 9.38 Å². The second-order valence-electron chi connectivity index (χ2n) is 8.64. The second-order valence-corrected chi connectivity index (χ2v) is 8.64. The number of anilines is 2. The number of morpholine rings is 2. The maximum Gasteiger partial charge on any atom is 0.300 e. The molecule has 0 spiro atoms. The number of Topliss-reactive ketones (excluding diaryl/α,β-unsaturated/α-hetero) is 1. The number of hydrogen-bond donors (Lipinski definition) is 1. The van der Waals surface area contributed by atoms with E-state index < -0.39 is 17.1 Å². The van der Waals surface area contributed by atoms with Gasteiger partial charge < -0.3 is 24.4 Å². The lowest BCUT2D eigenvalue weighted by atomic mass is 10.1. The van der Waals surface area contributed by atoms with Crippen molar-refractivity contribution in [3.8, 4) is 5.75 Å². The number of benzene rings is 1. The van der Waals surface area contributed by atoms with Gasteiger partial charge in [-0.3, -0.25) is 14.0 Å². The highest BCUT2D eigenvalue weighted by molar-refractivity contribution is 5.97. The molecule has 5 rings (SSSR count). The maximum atomic E-state index is 13.2. The second kappa shape index (κ2) is 10.0. The van der Waals surface area contributed by atoms with Crippen LogP contribution in [0, 0.1) is 5.82 Å². The van der Waals surface area contributed by atoms with Crippen LogP contribution in [0.3, 0.4) is 0 Å². The molecule has 9 nitrogen and oxygen atoms in total. The van der Waals surface area contributed by atoms with E-state index in [1.165, 1.54) is 16.5 Å². The van der Waals surface area contributed by atoms with Gasteiger partial charge in [-0.25, -0.2) is 9.37 Å². The largest absolute Gasteiger partial charge is 0.501 e. The number of ketones is 1. The van der Waals surface area contributed by atoms with Crippen LogP contribution in [-0.4, -0.2) is 72.9 Å². The number of hydrogen-bond acceptors (Lipinski definition) is 8. The van der Waals surface area contributed by atoms with Crippen molar-refractivity contribution in [2.75, 3.05) is 62.4 Å². The molecular formula is C25H27FN4O5. The zero-order chi connectivity index (χ0) is 24.4. The molecule has 0 unspecified atom stereocenters. The topological polar surface area (TPSA) is 96.6 Å². The third-order valence-corrected chi connectivity index (χ3v) is 6.41. The Labute approximate surface area is 201 Å². The predicted octanol–water partition coefficient (Wildman–Crippen LogP) is 2.03. The van der Waals surface area contributed by atoms with E-state index in [4.69, 9.17) is 9.47 Å². The first-order chi connectivity index (χ1) is 17.0. The van der Waals surface area contributed by atoms with E-state index >= 15 is 0 Å². The number of carbonyl (C=O) groups is 1. The number of fused-ring (bicyclic) bond motifs is 1. The molecule has 35 heavy (non-hydrogen) atoms. The highest BCUT2D eigenvalue weighted by Gasteiger charge is 2.24. The Balaban J connectivity index is 1.54. The number of carbonyl (C=O) groups excluding carboxylic acids is 1. The minimum Gasteiger partial charge on any atom is -0.501 e. The van der Waals surface area contributed by atoms with Gasteiger partial charge in [0, 0.05) is 38.8 Å². The lowest BCUT2D eigenvalue weighted by Crippen LogP contribution is -2.39. The SMILES string of the molecule is O=C(CCc1ccc(F)cc1)c1nc2c(N3CCOCC3)cc(N3CCOCC3)cn2c(=O)c1O. The summed E-state index contributed by atoms with van der Waals surface area (Å²) in [5.74, 6) is -1.47. The average molecular weight is 483 g/mol. The first-order valence-electron chi connectivity index (χ1n) is 11.7. The average Bonchev–Trinajstić information content (AvgIpc) is 2.90. The van der Waals surface area contributed by atoms with Gasteiger partial charge in [0.15, 0.2) is 17.1 Å². The number of pyridine rings is 1. The minimum atomic E-state index is -0.690. The van der Waals surface area contributed by atoms with Crippen LogP contribution in [0.2, 0.25) is 0 Å². The zero-order valence-electron chi connectivity index (χ0n) is 19.3. The standard InChI is InChI=1S/C25H27FN4O5/c26-18-4-1-17(2-5-18)3-6-21(31)22-23(32)25(33)30-16-19(28-7-11-34-12-8-28)15-20(24(30)27-22)29-9-13-35-14-10-29/h1-2,4-5,15-16,32H,3,6-14H2. The van der Waals surface area contributed by atoms with E-state index in [2.05, 4.69) is 14.8 Å². The van der Waals surface area contributed by atoms with E-state index in [-0.39, 0.29) is 17.9 Å². The van der Waals surface area contributed by atoms with Crippen molar-refractivity contribution in [2.45, 2.75) is 12.8 Å². The molecule has 184 valence electrons. The van der Waals surface area contributed by atoms with Crippen LogP contribution in [0.4, 0.5) is 15.8 Å². The fourth-order valence-electron chi connectivity index (χ4n) is 4.45. The number of aryl methyl sites for hydroxylation is 1. The third kappa shape index (κ3) is 4.85. The summed E-state index contributed by atoms with van der Waals surface area (Å²) in [6, 6.07) is 7.85. The fourth-order valence-corrected chi connectivity index (χ4v) is 4.45. The summed E-state index contributed by atoms with van der Waals surface area (Å²) in [6.45, 7) is 4.86. The molecule has 2 aliphatic heterocycles. The first-order valence-corrected chi connectivity index (χ1v) is 11.7. The van der Waals surface area contributed by atoms with Gasteiger partial charge in [-0.05, 0) is 30.2 Å². The molecule has 1 N–H and O–H groups in total. The molecule has 0 atom stereocenters. The molecule has 2 aromatic heterocycles. The van der Waals surface area contributed by atoms with Gasteiger partial charge in [0.1, 0.15) is 5.82 Å². The Morgan fingerprint density at radius 1 is 1.00 bits per heavy atom. The molecule has 0 amide bonds. The number of rotatable bonds is 6. The molecule has 3 aromatic rings. The monoisotopic (exact) mass is 482 g/mol. The van der Waals surface area contributed by atoms with Crippen molar-refractivity contribution in [3.63, 3.8) is 0 Å². The van der Waals surface area contributed by atoms with E-state index in [1.54, 1.807) is 18.3 Å². The van der Waals surface area contributed by atoms with Gasteiger partial charge in [-0.1, -0.05) is 12.1 Å². The van der Waals surface area contributed by atoms with Gasteiger partial charge in [-0.15, -0.1) is 0 Å². The maximum absolute atomic E-state index is 13.2. The Bertz CT molecular complexity index is 1280. The van der Waals surface area contributed by atoms with Crippen molar-refractivity contribution >= 4 is 22.8 Å². The van der Waals surface area contributed by atoms with Crippen molar-refractivity contribution in [3.05, 3.63) is 64.0 Å². The number of halogens is 1. The normalized spacial score (nSPS) is 16.6. The predicted molar refractivity (Wildman–Crippen MR) is 128 cm³/mol. The van der Waals surface area contributed by atoms with Gasteiger partial charge in [0.25, 0.3) is 0 Å². The summed E-state index contributed by atoms with van der Waals surface area (Å²) in [7, 11) is 0. The van der Waals surface area contributed by atoms with Gasteiger partial charge in [0.2, 0.25) is 5.75 Å². The molecule has 2 saturated heterocycles. The van der Waals surface area contributed by atoms with Gasteiger partial charge in [-0.2, -0.15) is 0 Å². The lowest BCUT2D eigenvalue weighted by Gasteiger charge is -2.33. The minimum absolute atomic E-state index is 0.0283. The van der Waals surface area contributed by atoms with Crippen molar-refractivity contribution in [2.24, 2.45) is 0 Å². The molecule has 4 heterocycles. The van der Waals surface area contributed by atoms with E-state index in [1.807, 2.05) is 6.07 Å². The van der Waals surface area contributed by atoms with Crippen LogP contribution in [-0.2, 0) is 15.9 Å². The highest BCUT2D eigenvalue weighted by atomic mass is 19.1. The molecule has 1 aromatic carbocycles. The Hall–Kier alpha value is -3.50.